The fourth-order valence-electron chi connectivity index (χ4n) is 0.835. The van der Waals surface area contributed by atoms with Crippen molar-refractivity contribution in [2.75, 3.05) is 6.54 Å². The van der Waals surface area contributed by atoms with Crippen LogP contribution in [0.25, 0.3) is 0 Å². The standard InChI is InChI=1S/C9H15NO/c1-7(2)8(11)10-6-9(3)4-5-9/h1,4-6H2,2-3H3,(H,10,11). The van der Waals surface area contributed by atoms with Gasteiger partial charge in [-0.15, -0.1) is 0 Å². The van der Waals surface area contributed by atoms with Crippen LogP contribution in [0.3, 0.4) is 0 Å². The van der Waals surface area contributed by atoms with Crippen molar-refractivity contribution in [2.24, 2.45) is 5.41 Å². The Morgan fingerprint density at radius 1 is 1.64 bits per heavy atom. The minimum absolute atomic E-state index is 0.0156. The van der Waals surface area contributed by atoms with Gasteiger partial charge < -0.3 is 5.32 Å². The van der Waals surface area contributed by atoms with E-state index in [-0.39, 0.29) is 5.91 Å². The van der Waals surface area contributed by atoms with Gasteiger partial charge in [0.1, 0.15) is 0 Å². The molecule has 1 amide bonds. The Morgan fingerprint density at radius 3 is 2.55 bits per heavy atom. The summed E-state index contributed by atoms with van der Waals surface area (Å²) in [6, 6.07) is 0. The Labute approximate surface area is 67.7 Å². The second kappa shape index (κ2) is 2.68. The van der Waals surface area contributed by atoms with Crippen molar-refractivity contribution in [2.45, 2.75) is 26.7 Å². The molecule has 1 fully saturated rings. The third kappa shape index (κ3) is 2.37. The van der Waals surface area contributed by atoms with E-state index in [1.807, 2.05) is 0 Å². The Bertz CT molecular complexity index is 192. The lowest BCUT2D eigenvalue weighted by atomic mass is 10.1. The van der Waals surface area contributed by atoms with Gasteiger partial charge in [-0.25, -0.2) is 0 Å². The molecule has 2 nitrogen and oxygen atoms in total. The summed E-state index contributed by atoms with van der Waals surface area (Å²) in [7, 11) is 0. The predicted molar refractivity (Wildman–Crippen MR) is 45.2 cm³/mol. The molecule has 0 bridgehead atoms. The SMILES string of the molecule is C=C(C)C(=O)NCC1(C)CC1. The van der Waals surface area contributed by atoms with Crippen LogP contribution in [0.1, 0.15) is 26.7 Å². The van der Waals surface area contributed by atoms with Gasteiger partial charge in [0.05, 0.1) is 0 Å². The number of carbonyl (C=O) groups is 1. The zero-order valence-electron chi connectivity index (χ0n) is 7.24. The van der Waals surface area contributed by atoms with Crippen LogP contribution < -0.4 is 5.32 Å². The van der Waals surface area contributed by atoms with Gasteiger partial charge in [0, 0.05) is 12.1 Å². The quantitative estimate of drug-likeness (QED) is 0.611. The van der Waals surface area contributed by atoms with Gasteiger partial charge in [-0.3, -0.25) is 4.79 Å². The maximum atomic E-state index is 11.0. The highest BCUT2D eigenvalue weighted by molar-refractivity contribution is 5.92. The van der Waals surface area contributed by atoms with E-state index in [4.69, 9.17) is 0 Å². The van der Waals surface area contributed by atoms with Crippen LogP contribution in [0.15, 0.2) is 12.2 Å². The molecule has 0 aliphatic heterocycles. The molecule has 1 saturated carbocycles. The largest absolute Gasteiger partial charge is 0.352 e. The number of amides is 1. The summed E-state index contributed by atoms with van der Waals surface area (Å²) >= 11 is 0. The van der Waals surface area contributed by atoms with E-state index in [1.54, 1.807) is 6.92 Å². The summed E-state index contributed by atoms with van der Waals surface area (Å²) in [6.45, 7) is 8.28. The molecule has 0 heterocycles. The van der Waals surface area contributed by atoms with Crippen molar-refractivity contribution in [1.29, 1.82) is 0 Å². The van der Waals surface area contributed by atoms with E-state index < -0.39 is 0 Å². The average Bonchev–Trinajstić information content (AvgIpc) is 2.64. The van der Waals surface area contributed by atoms with Gasteiger partial charge in [0.25, 0.3) is 0 Å². The summed E-state index contributed by atoms with van der Waals surface area (Å²) in [5.74, 6) is -0.0156. The Balaban J connectivity index is 2.22. The minimum Gasteiger partial charge on any atom is -0.352 e. The van der Waals surface area contributed by atoms with Gasteiger partial charge >= 0.3 is 0 Å². The van der Waals surface area contributed by atoms with Crippen LogP contribution >= 0.6 is 0 Å². The normalized spacial score (nSPS) is 19.1. The van der Waals surface area contributed by atoms with Gasteiger partial charge in [-0.1, -0.05) is 13.5 Å². The molecule has 0 radical (unpaired) electrons. The Kier molecular flexibility index (Phi) is 2.03. The smallest absolute Gasteiger partial charge is 0.246 e. The van der Waals surface area contributed by atoms with Crippen LogP contribution in [0.4, 0.5) is 0 Å². The van der Waals surface area contributed by atoms with Gasteiger partial charge in [-0.05, 0) is 25.2 Å². The van der Waals surface area contributed by atoms with Crippen LogP contribution in [0.5, 0.6) is 0 Å². The second-order valence-electron chi connectivity index (χ2n) is 3.77. The molecular formula is C9H15NO. The van der Waals surface area contributed by atoms with E-state index in [1.165, 1.54) is 12.8 Å². The molecule has 1 N–H and O–H groups in total. The van der Waals surface area contributed by atoms with Crippen molar-refractivity contribution < 1.29 is 4.79 Å². The number of rotatable bonds is 3. The molecule has 0 atom stereocenters. The van der Waals surface area contributed by atoms with Crippen molar-refractivity contribution in [1.82, 2.24) is 5.32 Å². The van der Waals surface area contributed by atoms with Crippen molar-refractivity contribution in [3.63, 3.8) is 0 Å². The van der Waals surface area contributed by atoms with Gasteiger partial charge in [0.15, 0.2) is 0 Å². The third-order valence-corrected chi connectivity index (χ3v) is 2.17. The zero-order chi connectivity index (χ0) is 8.48. The van der Waals surface area contributed by atoms with Gasteiger partial charge in [0.2, 0.25) is 5.91 Å². The molecule has 2 heteroatoms. The molecule has 0 spiro atoms. The van der Waals surface area contributed by atoms with Crippen molar-refractivity contribution in [3.8, 4) is 0 Å². The number of nitrogens with one attached hydrogen (secondary N) is 1. The topological polar surface area (TPSA) is 29.1 Å². The fraction of sp³-hybridized carbons (Fsp3) is 0.667. The van der Waals surface area contributed by atoms with Crippen LogP contribution in [0.2, 0.25) is 0 Å². The molecule has 0 aromatic heterocycles. The molecule has 62 valence electrons. The van der Waals surface area contributed by atoms with E-state index >= 15 is 0 Å². The minimum atomic E-state index is -0.0156. The maximum absolute atomic E-state index is 11.0. The summed E-state index contributed by atoms with van der Waals surface area (Å²) < 4.78 is 0. The van der Waals surface area contributed by atoms with Crippen LogP contribution in [-0.4, -0.2) is 12.5 Å². The van der Waals surface area contributed by atoms with E-state index in [0.717, 1.165) is 6.54 Å². The highest BCUT2D eigenvalue weighted by Gasteiger charge is 2.37. The summed E-state index contributed by atoms with van der Waals surface area (Å²) in [5, 5.41) is 2.85. The van der Waals surface area contributed by atoms with E-state index in [2.05, 4.69) is 18.8 Å². The molecular weight excluding hydrogens is 138 g/mol. The molecule has 1 aliphatic carbocycles. The van der Waals surface area contributed by atoms with Crippen LogP contribution in [0, 0.1) is 5.41 Å². The first-order valence-electron chi connectivity index (χ1n) is 3.97. The first kappa shape index (κ1) is 8.31. The average molecular weight is 153 g/mol. The molecule has 0 aromatic rings. The molecule has 1 aliphatic rings. The summed E-state index contributed by atoms with van der Waals surface area (Å²) in [5.41, 5.74) is 0.986. The van der Waals surface area contributed by atoms with E-state index in [0.29, 0.717) is 11.0 Å². The zero-order valence-corrected chi connectivity index (χ0v) is 7.24. The number of hydrogen-bond acceptors (Lipinski definition) is 1. The first-order chi connectivity index (χ1) is 5.03. The van der Waals surface area contributed by atoms with Crippen LogP contribution in [-0.2, 0) is 4.79 Å². The molecule has 0 unspecified atom stereocenters. The summed E-state index contributed by atoms with van der Waals surface area (Å²) in [6.07, 6.45) is 2.48. The third-order valence-electron chi connectivity index (χ3n) is 2.17. The fourth-order valence-corrected chi connectivity index (χ4v) is 0.835. The lowest BCUT2D eigenvalue weighted by Crippen LogP contribution is -2.29. The monoisotopic (exact) mass is 153 g/mol. The highest BCUT2D eigenvalue weighted by atomic mass is 16.1. The molecule has 1 rings (SSSR count). The Hall–Kier alpha value is -0.790. The maximum Gasteiger partial charge on any atom is 0.246 e. The molecule has 11 heavy (non-hydrogen) atoms. The van der Waals surface area contributed by atoms with Crippen molar-refractivity contribution >= 4 is 5.91 Å². The van der Waals surface area contributed by atoms with Crippen molar-refractivity contribution in [3.05, 3.63) is 12.2 Å². The first-order valence-corrected chi connectivity index (χ1v) is 3.97. The highest BCUT2D eigenvalue weighted by Crippen LogP contribution is 2.43. The predicted octanol–water partition coefficient (Wildman–Crippen LogP) is 1.48. The van der Waals surface area contributed by atoms with Gasteiger partial charge in [-0.2, -0.15) is 0 Å². The lowest BCUT2D eigenvalue weighted by molar-refractivity contribution is -0.117. The molecule has 0 aromatic carbocycles. The Morgan fingerprint density at radius 2 is 2.18 bits per heavy atom. The lowest BCUT2D eigenvalue weighted by Gasteiger charge is -2.09. The number of carbonyl (C=O) groups excluding carboxylic acids is 1. The number of hydrogen-bond donors (Lipinski definition) is 1. The molecule has 0 saturated heterocycles. The second-order valence-corrected chi connectivity index (χ2v) is 3.77. The van der Waals surface area contributed by atoms with E-state index in [9.17, 15) is 4.79 Å². The summed E-state index contributed by atoms with van der Waals surface area (Å²) in [4.78, 5) is 11.0.